The summed E-state index contributed by atoms with van der Waals surface area (Å²) in [7, 11) is 0. The summed E-state index contributed by atoms with van der Waals surface area (Å²) >= 11 is 0. The summed E-state index contributed by atoms with van der Waals surface area (Å²) in [4.78, 5) is 22.0. The van der Waals surface area contributed by atoms with Crippen LogP contribution in [-0.2, 0) is 4.74 Å². The first kappa shape index (κ1) is 10.2. The number of aromatic nitrogens is 4. The van der Waals surface area contributed by atoms with E-state index in [0.29, 0.717) is 5.65 Å². The second kappa shape index (κ2) is 3.79. The van der Waals surface area contributed by atoms with E-state index in [4.69, 9.17) is 9.84 Å². The highest BCUT2D eigenvalue weighted by atomic mass is 16.5. The lowest BCUT2D eigenvalue weighted by molar-refractivity contribution is -0.00639. The molecular formula is C10H10N4O3. The Morgan fingerprint density at radius 3 is 3.12 bits per heavy atom. The molecule has 2 atom stereocenters. The van der Waals surface area contributed by atoms with Crippen molar-refractivity contribution >= 4 is 11.2 Å². The van der Waals surface area contributed by atoms with Gasteiger partial charge in [0.25, 0.3) is 5.56 Å². The average Bonchev–Trinajstić information content (AvgIpc) is 2.94. The molecule has 0 saturated carbocycles. The van der Waals surface area contributed by atoms with Gasteiger partial charge < -0.3 is 14.8 Å². The maximum atomic E-state index is 11.5. The van der Waals surface area contributed by atoms with Gasteiger partial charge in [0.05, 0.1) is 19.3 Å². The Labute approximate surface area is 95.4 Å². The van der Waals surface area contributed by atoms with Gasteiger partial charge in [-0.25, -0.2) is 9.97 Å². The van der Waals surface area contributed by atoms with E-state index >= 15 is 0 Å². The van der Waals surface area contributed by atoms with E-state index in [0.717, 1.165) is 0 Å². The van der Waals surface area contributed by atoms with E-state index < -0.39 is 0 Å². The summed E-state index contributed by atoms with van der Waals surface area (Å²) in [5, 5.41) is 8.97. The number of nitrogens with zero attached hydrogens (tertiary/aromatic N) is 3. The molecule has 7 heteroatoms. The quantitative estimate of drug-likeness (QED) is 0.687. The lowest BCUT2D eigenvalue weighted by atomic mass is 10.4. The predicted octanol–water partition coefficient (Wildman–Crippen LogP) is -0.435. The lowest BCUT2D eigenvalue weighted by Gasteiger charge is -2.13. The summed E-state index contributed by atoms with van der Waals surface area (Å²) < 4.78 is 7.16. The number of nitrogens with one attached hydrogen (secondary N) is 1. The van der Waals surface area contributed by atoms with Crippen LogP contribution >= 0.6 is 0 Å². The molecule has 0 aliphatic carbocycles. The van der Waals surface area contributed by atoms with Gasteiger partial charge in [-0.1, -0.05) is 6.08 Å². The molecule has 0 bridgehead atoms. The normalized spacial score (nSPS) is 23.6. The maximum Gasteiger partial charge on any atom is 0.278 e. The molecule has 0 spiro atoms. The van der Waals surface area contributed by atoms with Crippen molar-refractivity contribution in [3.8, 4) is 0 Å². The molecule has 17 heavy (non-hydrogen) atoms. The topological polar surface area (TPSA) is 93.0 Å². The molecule has 2 N–H and O–H groups in total. The second-order valence-corrected chi connectivity index (χ2v) is 3.69. The molecule has 1 aliphatic heterocycles. The minimum atomic E-state index is -0.383. The minimum absolute atomic E-state index is 0.0758. The molecule has 0 radical (unpaired) electrons. The van der Waals surface area contributed by atoms with Gasteiger partial charge in [-0.3, -0.25) is 9.36 Å². The van der Waals surface area contributed by atoms with Gasteiger partial charge >= 0.3 is 0 Å². The van der Waals surface area contributed by atoms with Crippen molar-refractivity contribution in [3.63, 3.8) is 0 Å². The fraction of sp³-hybridized carbons (Fsp3) is 0.300. The zero-order valence-corrected chi connectivity index (χ0v) is 8.78. The van der Waals surface area contributed by atoms with Crippen LogP contribution in [-0.4, -0.2) is 37.3 Å². The van der Waals surface area contributed by atoms with Gasteiger partial charge in [0.15, 0.2) is 17.4 Å². The Balaban J connectivity index is 2.05. The Kier molecular flexibility index (Phi) is 2.27. The Bertz CT molecular complexity index is 630. The number of hydrogen-bond acceptors (Lipinski definition) is 5. The highest BCUT2D eigenvalue weighted by Crippen LogP contribution is 2.23. The predicted molar refractivity (Wildman–Crippen MR) is 58.3 cm³/mol. The van der Waals surface area contributed by atoms with E-state index in [2.05, 4.69) is 15.0 Å². The Morgan fingerprint density at radius 2 is 2.35 bits per heavy atom. The molecule has 2 aromatic rings. The van der Waals surface area contributed by atoms with Crippen LogP contribution in [0.1, 0.15) is 6.23 Å². The van der Waals surface area contributed by atoms with Gasteiger partial charge in [0.1, 0.15) is 6.10 Å². The molecule has 0 fully saturated rings. The first-order valence-electron chi connectivity index (χ1n) is 5.14. The number of aromatic amines is 1. The SMILES string of the molecule is O=c1[nH]cnc2c1ncn2C1C=C[C@@H](CO)O1. The van der Waals surface area contributed by atoms with E-state index in [1.165, 1.54) is 12.7 Å². The van der Waals surface area contributed by atoms with Gasteiger partial charge in [0.2, 0.25) is 0 Å². The summed E-state index contributed by atoms with van der Waals surface area (Å²) in [5.41, 5.74) is 0.452. The van der Waals surface area contributed by atoms with Crippen LogP contribution in [0.15, 0.2) is 29.6 Å². The van der Waals surface area contributed by atoms with Crippen molar-refractivity contribution in [3.05, 3.63) is 35.2 Å². The van der Waals surface area contributed by atoms with Gasteiger partial charge in [-0.05, 0) is 6.08 Å². The number of imidazole rings is 1. The third kappa shape index (κ3) is 1.56. The molecule has 3 rings (SSSR count). The van der Waals surface area contributed by atoms with Crippen LogP contribution in [0.3, 0.4) is 0 Å². The molecule has 0 aromatic carbocycles. The van der Waals surface area contributed by atoms with Crippen molar-refractivity contribution in [2.45, 2.75) is 12.3 Å². The second-order valence-electron chi connectivity index (χ2n) is 3.69. The van der Waals surface area contributed by atoms with E-state index in [1.807, 2.05) is 0 Å². The van der Waals surface area contributed by atoms with Crippen molar-refractivity contribution < 1.29 is 9.84 Å². The van der Waals surface area contributed by atoms with Crippen molar-refractivity contribution in [1.29, 1.82) is 0 Å². The van der Waals surface area contributed by atoms with Crippen LogP contribution in [0, 0.1) is 0 Å². The average molecular weight is 234 g/mol. The zero-order chi connectivity index (χ0) is 11.8. The van der Waals surface area contributed by atoms with Crippen molar-refractivity contribution in [2.75, 3.05) is 6.61 Å². The number of aliphatic hydroxyl groups is 1. The standard InChI is InChI=1S/C10H10N4O3/c15-3-6-1-2-7(17-6)14-5-13-8-9(14)11-4-12-10(8)16/h1-2,4-7,15H,3H2,(H,11,12,16)/t6-,7?/m0/s1. The fourth-order valence-electron chi connectivity index (χ4n) is 1.80. The van der Waals surface area contributed by atoms with Crippen LogP contribution in [0.5, 0.6) is 0 Å². The number of rotatable bonds is 2. The molecule has 2 aromatic heterocycles. The molecule has 0 saturated heterocycles. The largest absolute Gasteiger partial charge is 0.393 e. The Morgan fingerprint density at radius 1 is 1.47 bits per heavy atom. The van der Waals surface area contributed by atoms with Crippen LogP contribution < -0.4 is 5.56 Å². The monoisotopic (exact) mass is 234 g/mol. The number of ether oxygens (including phenoxy) is 1. The summed E-state index contributed by atoms with van der Waals surface area (Å²) in [6.45, 7) is -0.0758. The van der Waals surface area contributed by atoms with Crippen molar-refractivity contribution in [2.24, 2.45) is 0 Å². The molecule has 7 nitrogen and oxygen atoms in total. The number of fused-ring (bicyclic) bond motifs is 1. The molecule has 3 heterocycles. The van der Waals surface area contributed by atoms with Crippen LogP contribution in [0.4, 0.5) is 0 Å². The fourth-order valence-corrected chi connectivity index (χ4v) is 1.80. The van der Waals surface area contributed by atoms with E-state index in [-0.39, 0.29) is 30.0 Å². The summed E-state index contributed by atoms with van der Waals surface area (Å²) in [6.07, 6.45) is 5.69. The third-order valence-electron chi connectivity index (χ3n) is 2.62. The summed E-state index contributed by atoms with van der Waals surface area (Å²) in [5.74, 6) is 0. The van der Waals surface area contributed by atoms with Gasteiger partial charge in [-0.2, -0.15) is 0 Å². The first-order valence-corrected chi connectivity index (χ1v) is 5.14. The van der Waals surface area contributed by atoms with Crippen molar-refractivity contribution in [1.82, 2.24) is 19.5 Å². The molecular weight excluding hydrogens is 224 g/mol. The molecule has 0 amide bonds. The molecule has 1 aliphatic rings. The molecule has 1 unspecified atom stereocenters. The number of hydrogen-bond donors (Lipinski definition) is 2. The maximum absolute atomic E-state index is 11.5. The molecule has 88 valence electrons. The van der Waals surface area contributed by atoms with Crippen LogP contribution in [0.25, 0.3) is 11.2 Å². The smallest absolute Gasteiger partial charge is 0.278 e. The van der Waals surface area contributed by atoms with Crippen LogP contribution in [0.2, 0.25) is 0 Å². The Hall–Kier alpha value is -1.99. The summed E-state index contributed by atoms with van der Waals surface area (Å²) in [6, 6.07) is 0. The van der Waals surface area contributed by atoms with E-state index in [9.17, 15) is 4.79 Å². The third-order valence-corrected chi connectivity index (χ3v) is 2.62. The van der Waals surface area contributed by atoms with E-state index in [1.54, 1.807) is 16.7 Å². The van der Waals surface area contributed by atoms with Gasteiger partial charge in [0, 0.05) is 0 Å². The first-order chi connectivity index (χ1) is 8.29. The minimum Gasteiger partial charge on any atom is -0.393 e. The highest BCUT2D eigenvalue weighted by Gasteiger charge is 2.22. The van der Waals surface area contributed by atoms with Gasteiger partial charge in [-0.15, -0.1) is 0 Å². The zero-order valence-electron chi connectivity index (χ0n) is 8.78. The number of H-pyrrole nitrogens is 1. The highest BCUT2D eigenvalue weighted by molar-refractivity contribution is 5.68. The number of aliphatic hydroxyl groups excluding tert-OH is 1. The lowest BCUT2D eigenvalue weighted by Crippen LogP contribution is -2.15.